The van der Waals surface area contributed by atoms with Gasteiger partial charge in [-0.3, -0.25) is 9.89 Å². The van der Waals surface area contributed by atoms with E-state index in [4.69, 9.17) is 0 Å². The van der Waals surface area contributed by atoms with Crippen molar-refractivity contribution >= 4 is 17.7 Å². The Kier molecular flexibility index (Phi) is 5.10. The molecule has 0 atom stereocenters. The molecule has 2 aliphatic heterocycles. The first kappa shape index (κ1) is 14.5. The van der Waals surface area contributed by atoms with Gasteiger partial charge in [-0.05, 0) is 19.3 Å². The fraction of sp³-hybridized carbons (Fsp3) is 0.933. The maximum Gasteiger partial charge on any atom is 0.191 e. The van der Waals surface area contributed by atoms with Crippen molar-refractivity contribution in [2.75, 3.05) is 44.2 Å². The van der Waals surface area contributed by atoms with E-state index in [2.05, 4.69) is 32.3 Å². The second kappa shape index (κ2) is 7.03. The summed E-state index contributed by atoms with van der Waals surface area (Å²) in [5.41, 5.74) is 0.390. The molecule has 1 saturated heterocycles. The molecule has 2 fully saturated rings. The Labute approximate surface area is 127 Å². The average molecular weight is 296 g/mol. The van der Waals surface area contributed by atoms with Crippen LogP contribution in [-0.2, 0) is 0 Å². The van der Waals surface area contributed by atoms with Crippen molar-refractivity contribution in [1.29, 1.82) is 0 Å². The maximum atomic E-state index is 4.56. The van der Waals surface area contributed by atoms with Crippen LogP contribution in [0.3, 0.4) is 0 Å². The summed E-state index contributed by atoms with van der Waals surface area (Å²) in [6.07, 6.45) is 8.09. The Balaban J connectivity index is 1.63. The van der Waals surface area contributed by atoms with Gasteiger partial charge in [0.15, 0.2) is 5.96 Å². The van der Waals surface area contributed by atoms with Gasteiger partial charge in [0.05, 0.1) is 0 Å². The molecule has 1 aliphatic carbocycles. The summed E-state index contributed by atoms with van der Waals surface area (Å²) in [5, 5.41) is 7.01. The lowest BCUT2D eigenvalue weighted by Crippen LogP contribution is -2.60. The van der Waals surface area contributed by atoms with Crippen molar-refractivity contribution in [1.82, 2.24) is 15.5 Å². The molecule has 2 heterocycles. The number of thioether (sulfide) groups is 1. The summed E-state index contributed by atoms with van der Waals surface area (Å²) in [7, 11) is 0. The third kappa shape index (κ3) is 3.42. The number of rotatable bonds is 3. The number of nitrogens with one attached hydrogen (secondary N) is 2. The van der Waals surface area contributed by atoms with Crippen LogP contribution in [0.15, 0.2) is 4.99 Å². The molecule has 0 aromatic carbocycles. The number of hydrogen-bond acceptors (Lipinski definition) is 5. The topological polar surface area (TPSA) is 39.7 Å². The van der Waals surface area contributed by atoms with E-state index in [-0.39, 0.29) is 0 Å². The van der Waals surface area contributed by atoms with Gasteiger partial charge < -0.3 is 10.6 Å². The molecule has 2 N–H and O–H groups in total. The Morgan fingerprint density at radius 3 is 2.65 bits per heavy atom. The molecule has 0 aromatic rings. The number of hydrogen-bond donors (Lipinski definition) is 2. The third-order valence-corrected chi connectivity index (χ3v) is 5.89. The molecule has 0 bridgehead atoms. The monoisotopic (exact) mass is 296 g/mol. The van der Waals surface area contributed by atoms with Crippen LogP contribution in [0, 0.1) is 0 Å². The second-order valence-electron chi connectivity index (χ2n) is 6.25. The lowest BCUT2D eigenvalue weighted by Gasteiger charge is -2.48. The van der Waals surface area contributed by atoms with Crippen LogP contribution in [-0.4, -0.2) is 60.6 Å². The number of guanidine groups is 1. The minimum Gasteiger partial charge on any atom is -0.356 e. The molecule has 0 radical (unpaired) electrons. The lowest BCUT2D eigenvalue weighted by atomic mass is 9.80. The Morgan fingerprint density at radius 2 is 1.95 bits per heavy atom. The van der Waals surface area contributed by atoms with E-state index >= 15 is 0 Å². The SMILES string of the molecule is C1CCC(CNC2=NCCCN2)(N2CCSCC2)CC1. The minimum atomic E-state index is 0.390. The highest BCUT2D eigenvalue weighted by Gasteiger charge is 2.38. The predicted molar refractivity (Wildman–Crippen MR) is 87.6 cm³/mol. The molecule has 0 aromatic heterocycles. The Morgan fingerprint density at radius 1 is 1.15 bits per heavy atom. The maximum absolute atomic E-state index is 4.56. The zero-order valence-corrected chi connectivity index (χ0v) is 13.3. The van der Waals surface area contributed by atoms with Gasteiger partial charge in [-0.15, -0.1) is 0 Å². The Hall–Kier alpha value is -0.420. The van der Waals surface area contributed by atoms with Gasteiger partial charge in [0, 0.05) is 49.8 Å². The quantitative estimate of drug-likeness (QED) is 0.831. The van der Waals surface area contributed by atoms with E-state index in [0.29, 0.717) is 5.54 Å². The summed E-state index contributed by atoms with van der Waals surface area (Å²) in [5.74, 6) is 3.65. The van der Waals surface area contributed by atoms with E-state index in [0.717, 1.165) is 25.6 Å². The van der Waals surface area contributed by atoms with Crippen molar-refractivity contribution in [3.05, 3.63) is 0 Å². The predicted octanol–water partition coefficient (Wildman–Crippen LogP) is 1.68. The first-order valence-corrected chi connectivity index (χ1v) is 9.40. The van der Waals surface area contributed by atoms with Crippen LogP contribution in [0.1, 0.15) is 38.5 Å². The van der Waals surface area contributed by atoms with E-state index in [1.807, 2.05) is 0 Å². The molecular weight excluding hydrogens is 268 g/mol. The summed E-state index contributed by atoms with van der Waals surface area (Å²) >= 11 is 2.11. The van der Waals surface area contributed by atoms with Crippen LogP contribution in [0.2, 0.25) is 0 Å². The molecule has 1 saturated carbocycles. The van der Waals surface area contributed by atoms with Crippen molar-refractivity contribution in [3.8, 4) is 0 Å². The van der Waals surface area contributed by atoms with Gasteiger partial charge in [-0.2, -0.15) is 11.8 Å². The zero-order chi connectivity index (χ0) is 13.7. The zero-order valence-electron chi connectivity index (χ0n) is 12.5. The van der Waals surface area contributed by atoms with Crippen molar-refractivity contribution in [3.63, 3.8) is 0 Å². The second-order valence-corrected chi connectivity index (χ2v) is 7.47. The first-order chi connectivity index (χ1) is 9.89. The largest absolute Gasteiger partial charge is 0.356 e. The van der Waals surface area contributed by atoms with Gasteiger partial charge >= 0.3 is 0 Å². The van der Waals surface area contributed by atoms with Crippen LogP contribution in [0.5, 0.6) is 0 Å². The summed E-state index contributed by atoms with van der Waals surface area (Å²) in [6.45, 7) is 5.66. The molecule has 3 rings (SSSR count). The van der Waals surface area contributed by atoms with E-state index in [1.54, 1.807) is 0 Å². The molecule has 0 amide bonds. The summed E-state index contributed by atoms with van der Waals surface area (Å²) in [4.78, 5) is 7.34. The highest BCUT2D eigenvalue weighted by Crippen LogP contribution is 2.34. The number of nitrogens with zero attached hydrogens (tertiary/aromatic N) is 2. The van der Waals surface area contributed by atoms with Crippen LogP contribution < -0.4 is 10.6 Å². The lowest BCUT2D eigenvalue weighted by molar-refractivity contribution is 0.0625. The average Bonchev–Trinajstić information content (AvgIpc) is 2.56. The summed E-state index contributed by atoms with van der Waals surface area (Å²) < 4.78 is 0. The van der Waals surface area contributed by atoms with Gasteiger partial charge in [-0.25, -0.2) is 0 Å². The normalized spacial score (nSPS) is 27.5. The first-order valence-electron chi connectivity index (χ1n) is 8.24. The van der Waals surface area contributed by atoms with Crippen LogP contribution >= 0.6 is 11.8 Å². The van der Waals surface area contributed by atoms with Crippen LogP contribution in [0.25, 0.3) is 0 Å². The van der Waals surface area contributed by atoms with Crippen molar-refractivity contribution in [2.45, 2.75) is 44.1 Å². The van der Waals surface area contributed by atoms with E-state index in [1.165, 1.54) is 63.1 Å². The fourth-order valence-electron chi connectivity index (χ4n) is 3.75. The highest BCUT2D eigenvalue weighted by atomic mass is 32.2. The molecule has 5 heteroatoms. The molecule has 114 valence electrons. The van der Waals surface area contributed by atoms with Crippen molar-refractivity contribution in [2.24, 2.45) is 4.99 Å². The van der Waals surface area contributed by atoms with Gasteiger partial charge in [0.25, 0.3) is 0 Å². The minimum absolute atomic E-state index is 0.390. The molecular formula is C15H28N4S. The molecule has 4 nitrogen and oxygen atoms in total. The molecule has 0 spiro atoms. The van der Waals surface area contributed by atoms with Gasteiger partial charge in [0.2, 0.25) is 0 Å². The van der Waals surface area contributed by atoms with Gasteiger partial charge in [-0.1, -0.05) is 19.3 Å². The highest BCUT2D eigenvalue weighted by molar-refractivity contribution is 7.99. The smallest absolute Gasteiger partial charge is 0.191 e. The van der Waals surface area contributed by atoms with E-state index < -0.39 is 0 Å². The fourth-order valence-corrected chi connectivity index (χ4v) is 4.65. The molecule has 20 heavy (non-hydrogen) atoms. The van der Waals surface area contributed by atoms with Crippen LogP contribution in [0.4, 0.5) is 0 Å². The van der Waals surface area contributed by atoms with Gasteiger partial charge in [0.1, 0.15) is 0 Å². The van der Waals surface area contributed by atoms with Crippen molar-refractivity contribution < 1.29 is 0 Å². The summed E-state index contributed by atoms with van der Waals surface area (Å²) in [6, 6.07) is 0. The molecule has 0 unspecified atom stereocenters. The standard InChI is InChI=1S/C15H28N4S/c1-2-5-15(6-3-1,19-9-11-20-12-10-19)13-18-14-16-7-4-8-17-14/h1-13H2,(H2,16,17,18). The molecule has 3 aliphatic rings. The van der Waals surface area contributed by atoms with E-state index in [9.17, 15) is 0 Å². The Bertz CT molecular complexity index is 333. The third-order valence-electron chi connectivity index (χ3n) is 4.95. The number of aliphatic imine (C=N–C) groups is 1.